The second-order valence-electron chi connectivity index (χ2n) is 4.15. The molecule has 0 amide bonds. The van der Waals surface area contributed by atoms with Gasteiger partial charge in [-0.1, -0.05) is 12.1 Å². The van der Waals surface area contributed by atoms with Crippen molar-refractivity contribution in [3.05, 3.63) is 29.3 Å². The molecule has 1 heterocycles. The summed E-state index contributed by atoms with van der Waals surface area (Å²) in [6.45, 7) is 3.92. The Morgan fingerprint density at radius 3 is 3.06 bits per heavy atom. The Morgan fingerprint density at radius 1 is 1.50 bits per heavy atom. The smallest absolute Gasteiger partial charge is 0.140 e. The van der Waals surface area contributed by atoms with Crippen molar-refractivity contribution in [2.45, 2.75) is 25.9 Å². The van der Waals surface area contributed by atoms with E-state index in [1.807, 2.05) is 19.1 Å². The third kappa shape index (κ3) is 2.34. The van der Waals surface area contributed by atoms with Crippen LogP contribution in [0.3, 0.4) is 0 Å². The summed E-state index contributed by atoms with van der Waals surface area (Å²) in [5, 5.41) is 12.3. The lowest BCUT2D eigenvalue weighted by atomic mass is 10.1. The average Bonchev–Trinajstić information content (AvgIpc) is 2.33. The third-order valence-corrected chi connectivity index (χ3v) is 2.87. The first kappa shape index (κ1) is 11.0. The van der Waals surface area contributed by atoms with E-state index >= 15 is 0 Å². The summed E-state index contributed by atoms with van der Waals surface area (Å²) >= 11 is 0. The molecular weight excluding hydrogens is 200 g/mol. The van der Waals surface area contributed by atoms with Gasteiger partial charge in [-0.05, 0) is 37.9 Å². The number of nitrogens with zero attached hydrogens (tertiary/aromatic N) is 1. The molecule has 2 rings (SSSR count). The number of aryl methyl sites for hydroxylation is 1. The van der Waals surface area contributed by atoms with Gasteiger partial charge in [-0.25, -0.2) is 0 Å². The Bertz CT molecular complexity index is 403. The van der Waals surface area contributed by atoms with E-state index < -0.39 is 0 Å². The fourth-order valence-corrected chi connectivity index (χ4v) is 1.98. The van der Waals surface area contributed by atoms with Gasteiger partial charge in [0.15, 0.2) is 0 Å². The minimum Gasteiger partial charge on any atom is -0.487 e. The van der Waals surface area contributed by atoms with Crippen molar-refractivity contribution in [1.82, 2.24) is 5.32 Å². The van der Waals surface area contributed by atoms with Crippen LogP contribution in [0.2, 0.25) is 0 Å². The van der Waals surface area contributed by atoms with Gasteiger partial charge in [-0.15, -0.1) is 0 Å². The van der Waals surface area contributed by atoms with Crippen LogP contribution in [0.4, 0.5) is 0 Å². The van der Waals surface area contributed by atoms with E-state index in [9.17, 15) is 0 Å². The molecule has 1 aromatic carbocycles. The predicted octanol–water partition coefficient (Wildman–Crippen LogP) is 2.00. The maximum Gasteiger partial charge on any atom is 0.140 e. The molecule has 0 spiro atoms. The van der Waals surface area contributed by atoms with Crippen molar-refractivity contribution < 1.29 is 4.74 Å². The molecule has 84 valence electrons. The SMILES string of the molecule is Cc1cccc(C#N)c1OC1CCCNC1. The molecule has 16 heavy (non-hydrogen) atoms. The number of para-hydroxylation sites is 1. The highest BCUT2D eigenvalue weighted by Gasteiger charge is 2.17. The number of nitriles is 1. The summed E-state index contributed by atoms with van der Waals surface area (Å²) in [6, 6.07) is 7.85. The van der Waals surface area contributed by atoms with Crippen LogP contribution >= 0.6 is 0 Å². The Morgan fingerprint density at radius 2 is 2.38 bits per heavy atom. The molecule has 1 aliphatic heterocycles. The lowest BCUT2D eigenvalue weighted by molar-refractivity contribution is 0.165. The van der Waals surface area contributed by atoms with Crippen molar-refractivity contribution in [3.63, 3.8) is 0 Å². The monoisotopic (exact) mass is 216 g/mol. The molecule has 1 fully saturated rings. The minimum atomic E-state index is 0.196. The van der Waals surface area contributed by atoms with E-state index in [2.05, 4.69) is 11.4 Å². The van der Waals surface area contributed by atoms with Crippen molar-refractivity contribution in [3.8, 4) is 11.8 Å². The van der Waals surface area contributed by atoms with E-state index in [1.165, 1.54) is 0 Å². The van der Waals surface area contributed by atoms with Crippen LogP contribution in [0, 0.1) is 18.3 Å². The van der Waals surface area contributed by atoms with Crippen molar-refractivity contribution in [2.75, 3.05) is 13.1 Å². The van der Waals surface area contributed by atoms with E-state index in [0.29, 0.717) is 5.56 Å². The average molecular weight is 216 g/mol. The first-order chi connectivity index (χ1) is 7.81. The maximum atomic E-state index is 9.03. The lowest BCUT2D eigenvalue weighted by Crippen LogP contribution is -2.37. The molecule has 1 atom stereocenters. The molecule has 1 saturated heterocycles. The lowest BCUT2D eigenvalue weighted by Gasteiger charge is -2.25. The number of hydrogen-bond acceptors (Lipinski definition) is 3. The topological polar surface area (TPSA) is 45.0 Å². The normalized spacial score (nSPS) is 20.1. The predicted molar refractivity (Wildman–Crippen MR) is 62.4 cm³/mol. The zero-order chi connectivity index (χ0) is 11.4. The Labute approximate surface area is 96.0 Å². The molecule has 0 aromatic heterocycles. The molecule has 0 aliphatic carbocycles. The minimum absolute atomic E-state index is 0.196. The Hall–Kier alpha value is -1.53. The molecule has 3 nitrogen and oxygen atoms in total. The van der Waals surface area contributed by atoms with Gasteiger partial charge < -0.3 is 10.1 Å². The summed E-state index contributed by atoms with van der Waals surface area (Å²) in [6.07, 6.45) is 2.40. The maximum absolute atomic E-state index is 9.03. The van der Waals surface area contributed by atoms with E-state index in [-0.39, 0.29) is 6.10 Å². The quantitative estimate of drug-likeness (QED) is 0.822. The molecule has 0 saturated carbocycles. The molecule has 3 heteroatoms. The van der Waals surface area contributed by atoms with Crippen molar-refractivity contribution >= 4 is 0 Å². The van der Waals surface area contributed by atoms with Gasteiger partial charge >= 0.3 is 0 Å². The first-order valence-electron chi connectivity index (χ1n) is 5.68. The number of benzene rings is 1. The Balaban J connectivity index is 2.16. The molecule has 1 aromatic rings. The summed E-state index contributed by atoms with van der Waals surface area (Å²) in [5.41, 5.74) is 1.66. The second kappa shape index (κ2) is 5.00. The number of ether oxygens (including phenoxy) is 1. The zero-order valence-electron chi connectivity index (χ0n) is 9.49. The van der Waals surface area contributed by atoms with E-state index in [0.717, 1.165) is 37.2 Å². The third-order valence-electron chi connectivity index (χ3n) is 2.87. The van der Waals surface area contributed by atoms with Crippen molar-refractivity contribution in [2.24, 2.45) is 0 Å². The highest BCUT2D eigenvalue weighted by molar-refractivity contribution is 5.47. The van der Waals surface area contributed by atoms with Crippen LogP contribution in [-0.2, 0) is 0 Å². The number of hydrogen-bond donors (Lipinski definition) is 1. The van der Waals surface area contributed by atoms with Crippen LogP contribution in [-0.4, -0.2) is 19.2 Å². The Kier molecular flexibility index (Phi) is 3.43. The van der Waals surface area contributed by atoms with Crippen LogP contribution in [0.1, 0.15) is 24.0 Å². The van der Waals surface area contributed by atoms with Gasteiger partial charge in [0.1, 0.15) is 17.9 Å². The van der Waals surface area contributed by atoms with Gasteiger partial charge in [0.25, 0.3) is 0 Å². The molecule has 1 N–H and O–H groups in total. The standard InChI is InChI=1S/C13H16N2O/c1-10-4-2-5-11(8-14)13(10)16-12-6-3-7-15-9-12/h2,4-5,12,15H,3,6-7,9H2,1H3. The largest absolute Gasteiger partial charge is 0.487 e. The van der Waals surface area contributed by atoms with Gasteiger partial charge in [0.2, 0.25) is 0 Å². The molecule has 1 unspecified atom stereocenters. The van der Waals surface area contributed by atoms with Crippen LogP contribution in [0.25, 0.3) is 0 Å². The summed E-state index contributed by atoms with van der Waals surface area (Å²) in [5.74, 6) is 0.749. The van der Waals surface area contributed by atoms with Crippen LogP contribution in [0.5, 0.6) is 5.75 Å². The van der Waals surface area contributed by atoms with Gasteiger partial charge in [0.05, 0.1) is 5.56 Å². The fraction of sp³-hybridized carbons (Fsp3) is 0.462. The molecule has 1 aliphatic rings. The highest BCUT2D eigenvalue weighted by Crippen LogP contribution is 2.25. The second-order valence-corrected chi connectivity index (χ2v) is 4.15. The van der Waals surface area contributed by atoms with Crippen LogP contribution in [0.15, 0.2) is 18.2 Å². The first-order valence-corrected chi connectivity index (χ1v) is 5.68. The zero-order valence-corrected chi connectivity index (χ0v) is 9.49. The number of piperidine rings is 1. The summed E-state index contributed by atoms with van der Waals surface area (Å²) in [7, 11) is 0. The van der Waals surface area contributed by atoms with Gasteiger partial charge in [0, 0.05) is 6.54 Å². The fourth-order valence-electron chi connectivity index (χ4n) is 1.98. The summed E-state index contributed by atoms with van der Waals surface area (Å²) in [4.78, 5) is 0. The molecule has 0 bridgehead atoms. The van der Waals surface area contributed by atoms with E-state index in [4.69, 9.17) is 10.00 Å². The van der Waals surface area contributed by atoms with Crippen molar-refractivity contribution in [1.29, 1.82) is 5.26 Å². The van der Waals surface area contributed by atoms with Gasteiger partial charge in [-0.3, -0.25) is 0 Å². The van der Waals surface area contributed by atoms with Crippen LogP contribution < -0.4 is 10.1 Å². The molecular formula is C13H16N2O. The number of nitrogens with one attached hydrogen (secondary N) is 1. The molecule has 0 radical (unpaired) electrons. The number of rotatable bonds is 2. The highest BCUT2D eigenvalue weighted by atomic mass is 16.5. The van der Waals surface area contributed by atoms with E-state index in [1.54, 1.807) is 6.07 Å². The van der Waals surface area contributed by atoms with Gasteiger partial charge in [-0.2, -0.15) is 5.26 Å². The summed E-state index contributed by atoms with van der Waals surface area (Å²) < 4.78 is 5.92.